The van der Waals surface area contributed by atoms with Crippen molar-refractivity contribution in [2.45, 2.75) is 15.7 Å². The van der Waals surface area contributed by atoms with Crippen LogP contribution in [0.4, 0.5) is 5.69 Å². The highest BCUT2D eigenvalue weighted by molar-refractivity contribution is 9.10. The van der Waals surface area contributed by atoms with E-state index in [1.165, 1.54) is 36.4 Å². The van der Waals surface area contributed by atoms with Gasteiger partial charge in [0.05, 0.1) is 33.4 Å². The maximum Gasteiger partial charge on any atom is 0.261 e. The monoisotopic (exact) mass is 521 g/mol. The topological polar surface area (TPSA) is 116 Å². The first-order valence-electron chi connectivity index (χ1n) is 8.86. The number of nitrogens with zero attached hydrogens (tertiary/aromatic N) is 4. The number of nitrogens with one attached hydrogen (secondary N) is 1. The molecule has 9 nitrogen and oxygen atoms in total. The van der Waals surface area contributed by atoms with Crippen LogP contribution < -0.4 is 9.46 Å². The Morgan fingerprint density at radius 1 is 1.13 bits per heavy atom. The zero-order chi connectivity index (χ0) is 22.0. The van der Waals surface area contributed by atoms with Crippen LogP contribution >= 0.6 is 15.9 Å². The van der Waals surface area contributed by atoms with Gasteiger partial charge in [0.1, 0.15) is 11.6 Å². The molecule has 0 aliphatic heterocycles. The van der Waals surface area contributed by atoms with Crippen LogP contribution in [0.2, 0.25) is 0 Å². The van der Waals surface area contributed by atoms with Crippen LogP contribution in [0, 0.1) is 0 Å². The minimum absolute atomic E-state index is 0.0619. The van der Waals surface area contributed by atoms with Gasteiger partial charge in [-0.05, 0) is 35.5 Å². The summed E-state index contributed by atoms with van der Waals surface area (Å²) in [7, 11) is -4.04. The number of anilines is 1. The standard InChI is InChI=1S/C19H16BrN5O4S2/c1-29-19-16-5-3-2-4-15(16)17(10-18(19)30(26)12-25-22-11-21-24-25)23-31(27,28)14-8-6-13(20)7-9-14/h2-11,23H,12H2,1H3. The van der Waals surface area contributed by atoms with Crippen molar-refractivity contribution in [3.05, 3.63) is 65.4 Å². The molecular weight excluding hydrogens is 506 g/mol. The van der Waals surface area contributed by atoms with E-state index in [-0.39, 0.29) is 16.5 Å². The summed E-state index contributed by atoms with van der Waals surface area (Å²) in [5, 5.41) is 12.4. The number of ether oxygens (including phenoxy) is 1. The Morgan fingerprint density at radius 2 is 1.84 bits per heavy atom. The summed E-state index contributed by atoms with van der Waals surface area (Å²) < 4.78 is 48.0. The quantitative estimate of drug-likeness (QED) is 0.396. The SMILES string of the molecule is COc1c(S(=O)Cn2ncnn2)cc(NS(=O)(=O)c2ccc(Br)cc2)c2ccccc12. The van der Waals surface area contributed by atoms with Gasteiger partial charge in [0, 0.05) is 15.2 Å². The van der Waals surface area contributed by atoms with Crippen molar-refractivity contribution >= 4 is 53.2 Å². The number of fused-ring (bicyclic) bond motifs is 1. The molecule has 4 rings (SSSR count). The largest absolute Gasteiger partial charge is 0.495 e. The highest BCUT2D eigenvalue weighted by atomic mass is 79.9. The Hall–Kier alpha value is -2.83. The summed E-state index contributed by atoms with van der Waals surface area (Å²) in [5.41, 5.74) is 0.286. The second-order valence-corrected chi connectivity index (χ2v) is 10.3. The van der Waals surface area contributed by atoms with Gasteiger partial charge >= 0.3 is 0 Å². The van der Waals surface area contributed by atoms with Crippen molar-refractivity contribution in [3.8, 4) is 5.75 Å². The lowest BCUT2D eigenvalue weighted by molar-refractivity contribution is 0.409. The summed E-state index contributed by atoms with van der Waals surface area (Å²) in [6.07, 6.45) is 1.24. The van der Waals surface area contributed by atoms with Crippen molar-refractivity contribution in [2.75, 3.05) is 11.8 Å². The fourth-order valence-electron chi connectivity index (χ4n) is 3.03. The molecule has 0 aliphatic rings. The summed E-state index contributed by atoms with van der Waals surface area (Å²) in [4.78, 5) is 1.60. The van der Waals surface area contributed by atoms with Crippen LogP contribution in [0.5, 0.6) is 5.75 Å². The lowest BCUT2D eigenvalue weighted by Gasteiger charge is -2.16. The fraction of sp³-hybridized carbons (Fsp3) is 0.105. The second kappa shape index (κ2) is 8.73. The number of sulfonamides is 1. The van der Waals surface area contributed by atoms with Gasteiger partial charge in [-0.15, -0.1) is 10.2 Å². The molecule has 0 saturated heterocycles. The number of methoxy groups -OCH3 is 1. The van der Waals surface area contributed by atoms with Crippen molar-refractivity contribution in [1.29, 1.82) is 0 Å². The van der Waals surface area contributed by atoms with Gasteiger partial charge in [0.25, 0.3) is 10.0 Å². The Morgan fingerprint density at radius 3 is 2.48 bits per heavy atom. The normalized spacial score (nSPS) is 12.6. The number of rotatable bonds is 7. The molecule has 1 atom stereocenters. The van der Waals surface area contributed by atoms with Crippen LogP contribution in [-0.2, 0) is 26.7 Å². The first kappa shape index (κ1) is 21.4. The van der Waals surface area contributed by atoms with Gasteiger partial charge in [-0.1, -0.05) is 40.2 Å². The van der Waals surface area contributed by atoms with E-state index in [2.05, 4.69) is 36.1 Å². The molecule has 31 heavy (non-hydrogen) atoms. The van der Waals surface area contributed by atoms with Gasteiger partial charge in [-0.3, -0.25) is 8.93 Å². The van der Waals surface area contributed by atoms with E-state index < -0.39 is 20.8 Å². The second-order valence-electron chi connectivity index (χ2n) is 6.34. The number of hydrogen-bond acceptors (Lipinski definition) is 7. The number of hydrogen-bond donors (Lipinski definition) is 1. The molecule has 1 heterocycles. The summed E-state index contributed by atoms with van der Waals surface area (Å²) in [5.74, 6) is 0.328. The zero-order valence-electron chi connectivity index (χ0n) is 16.1. The molecule has 1 unspecified atom stereocenters. The number of tetrazole rings is 1. The minimum Gasteiger partial charge on any atom is -0.495 e. The molecule has 4 aromatic rings. The van der Waals surface area contributed by atoms with Gasteiger partial charge in [0.2, 0.25) is 0 Å². The highest BCUT2D eigenvalue weighted by Crippen LogP contribution is 2.38. The zero-order valence-corrected chi connectivity index (χ0v) is 19.3. The lowest BCUT2D eigenvalue weighted by Crippen LogP contribution is -2.14. The molecule has 0 radical (unpaired) electrons. The molecule has 1 aromatic heterocycles. The molecule has 1 N–H and O–H groups in total. The predicted molar refractivity (Wildman–Crippen MR) is 120 cm³/mol. The molecule has 0 fully saturated rings. The number of halogens is 1. The van der Waals surface area contributed by atoms with Crippen LogP contribution in [0.15, 0.2) is 75.2 Å². The molecule has 0 spiro atoms. The lowest BCUT2D eigenvalue weighted by atomic mass is 10.1. The predicted octanol–water partition coefficient (Wildman–Crippen LogP) is 3.16. The third-order valence-corrected chi connectivity index (χ3v) is 7.57. The smallest absolute Gasteiger partial charge is 0.261 e. The van der Waals surface area contributed by atoms with E-state index in [0.717, 1.165) is 4.47 Å². The maximum atomic E-state index is 13.1. The van der Waals surface area contributed by atoms with Crippen LogP contribution in [-0.4, -0.2) is 39.9 Å². The third-order valence-electron chi connectivity index (χ3n) is 4.40. The van der Waals surface area contributed by atoms with Gasteiger partial charge in [-0.25, -0.2) is 8.42 Å². The Balaban J connectivity index is 1.83. The van der Waals surface area contributed by atoms with E-state index in [1.807, 2.05) is 0 Å². The van der Waals surface area contributed by atoms with E-state index in [9.17, 15) is 12.6 Å². The van der Waals surface area contributed by atoms with Crippen molar-refractivity contribution < 1.29 is 17.4 Å². The molecule has 12 heteroatoms. The average molecular weight is 522 g/mol. The first-order valence-corrected chi connectivity index (χ1v) is 12.5. The van der Waals surface area contributed by atoms with E-state index in [0.29, 0.717) is 21.4 Å². The van der Waals surface area contributed by atoms with E-state index in [4.69, 9.17) is 4.74 Å². The van der Waals surface area contributed by atoms with Gasteiger partial charge < -0.3 is 4.74 Å². The minimum atomic E-state index is -3.88. The van der Waals surface area contributed by atoms with Crippen molar-refractivity contribution in [1.82, 2.24) is 20.2 Å². The Kier molecular flexibility index (Phi) is 6.03. The van der Waals surface area contributed by atoms with E-state index in [1.54, 1.807) is 36.4 Å². The number of aromatic nitrogens is 4. The molecule has 0 saturated carbocycles. The average Bonchev–Trinajstić information content (AvgIpc) is 3.26. The molecule has 0 bridgehead atoms. The highest BCUT2D eigenvalue weighted by Gasteiger charge is 2.22. The van der Waals surface area contributed by atoms with Crippen molar-refractivity contribution in [3.63, 3.8) is 0 Å². The van der Waals surface area contributed by atoms with Crippen LogP contribution in [0.3, 0.4) is 0 Å². The van der Waals surface area contributed by atoms with Crippen LogP contribution in [0.1, 0.15) is 0 Å². The third kappa shape index (κ3) is 4.45. The fourth-order valence-corrected chi connectivity index (χ4v) is 5.48. The Labute approximate surface area is 189 Å². The molecule has 0 amide bonds. The summed E-state index contributed by atoms with van der Waals surface area (Å²) in [6, 6.07) is 14.9. The van der Waals surface area contributed by atoms with Crippen molar-refractivity contribution in [2.24, 2.45) is 0 Å². The van der Waals surface area contributed by atoms with E-state index >= 15 is 0 Å². The Bertz CT molecular complexity index is 1360. The number of benzene rings is 3. The van der Waals surface area contributed by atoms with Crippen LogP contribution in [0.25, 0.3) is 10.8 Å². The van der Waals surface area contributed by atoms with Gasteiger partial charge in [0.15, 0.2) is 6.33 Å². The summed E-state index contributed by atoms with van der Waals surface area (Å²) in [6.45, 7) is 0. The first-order chi connectivity index (χ1) is 14.9. The molecular formula is C19H16BrN5O4S2. The van der Waals surface area contributed by atoms with Gasteiger partial charge in [-0.2, -0.15) is 4.80 Å². The summed E-state index contributed by atoms with van der Waals surface area (Å²) >= 11 is 3.30. The molecule has 0 aliphatic carbocycles. The maximum absolute atomic E-state index is 13.1. The molecule has 160 valence electrons. The molecule has 3 aromatic carbocycles.